The monoisotopic (exact) mass is 395 g/mol. The molecular formula is C24H33N3O2. The molecule has 1 aromatic heterocycles. The summed E-state index contributed by atoms with van der Waals surface area (Å²) < 4.78 is 1.64. The van der Waals surface area contributed by atoms with Crippen molar-refractivity contribution < 1.29 is 9.90 Å². The quantitative estimate of drug-likeness (QED) is 0.840. The van der Waals surface area contributed by atoms with Crippen molar-refractivity contribution in [2.45, 2.75) is 77.4 Å². The SMILES string of the molecule is CC12CCC3C4CCC(O)CC4CCC3C1CCC2C(=O)Cn1cc(C#N)cn1. The molecule has 0 saturated heterocycles. The highest BCUT2D eigenvalue weighted by Crippen LogP contribution is 2.64. The van der Waals surface area contributed by atoms with Crippen molar-refractivity contribution >= 4 is 5.78 Å². The van der Waals surface area contributed by atoms with Crippen molar-refractivity contribution in [1.29, 1.82) is 5.26 Å². The third kappa shape index (κ3) is 3.15. The number of carbonyl (C=O) groups excluding carboxylic acids is 1. The molecule has 8 unspecified atom stereocenters. The van der Waals surface area contributed by atoms with Gasteiger partial charge in [0.2, 0.25) is 0 Å². The standard InChI is InChI=1S/C24H33N3O2/c1-24-9-8-19-18-5-3-17(28)10-16(18)2-4-20(19)21(24)6-7-22(24)23(29)14-27-13-15(11-25)12-26-27/h12-13,16-22,28H,2-10,14H2,1H3. The summed E-state index contributed by atoms with van der Waals surface area (Å²) >= 11 is 0. The van der Waals surface area contributed by atoms with Gasteiger partial charge in [-0.05, 0) is 92.8 Å². The van der Waals surface area contributed by atoms with Gasteiger partial charge in [-0.1, -0.05) is 6.92 Å². The summed E-state index contributed by atoms with van der Waals surface area (Å²) in [6, 6.07) is 2.09. The Hall–Kier alpha value is -1.67. The molecule has 8 atom stereocenters. The van der Waals surface area contributed by atoms with Gasteiger partial charge in [-0.25, -0.2) is 0 Å². The average Bonchev–Trinajstić information content (AvgIpc) is 3.30. The number of aliphatic hydroxyl groups excluding tert-OH is 1. The van der Waals surface area contributed by atoms with Gasteiger partial charge in [0, 0.05) is 12.1 Å². The van der Waals surface area contributed by atoms with Crippen LogP contribution in [0.1, 0.15) is 70.3 Å². The molecule has 0 bridgehead atoms. The third-order valence-corrected chi connectivity index (χ3v) is 9.40. The van der Waals surface area contributed by atoms with Crippen molar-refractivity contribution in [1.82, 2.24) is 9.78 Å². The Kier molecular flexibility index (Phi) is 4.81. The van der Waals surface area contributed by atoms with Gasteiger partial charge < -0.3 is 5.11 Å². The zero-order valence-electron chi connectivity index (χ0n) is 17.5. The molecule has 5 rings (SSSR count). The first-order valence-corrected chi connectivity index (χ1v) is 11.6. The van der Waals surface area contributed by atoms with Crippen molar-refractivity contribution in [3.8, 4) is 6.07 Å². The zero-order chi connectivity index (χ0) is 20.2. The lowest BCUT2D eigenvalue weighted by molar-refractivity contribution is -0.131. The number of rotatable bonds is 3. The molecule has 0 radical (unpaired) electrons. The number of carbonyl (C=O) groups is 1. The summed E-state index contributed by atoms with van der Waals surface area (Å²) in [7, 11) is 0. The second kappa shape index (κ2) is 7.23. The van der Waals surface area contributed by atoms with Crippen molar-refractivity contribution in [3.63, 3.8) is 0 Å². The molecule has 156 valence electrons. The minimum atomic E-state index is -0.0704. The van der Waals surface area contributed by atoms with E-state index in [-0.39, 0.29) is 17.4 Å². The van der Waals surface area contributed by atoms with Crippen LogP contribution in [0.2, 0.25) is 0 Å². The second-order valence-corrected chi connectivity index (χ2v) is 10.6. The highest BCUT2D eigenvalue weighted by atomic mass is 16.3. The van der Waals surface area contributed by atoms with Crippen LogP contribution in [0.5, 0.6) is 0 Å². The zero-order valence-corrected chi connectivity index (χ0v) is 17.5. The first-order valence-electron chi connectivity index (χ1n) is 11.6. The number of nitriles is 1. The normalized spacial score (nSPS) is 43.7. The summed E-state index contributed by atoms with van der Waals surface area (Å²) in [6.45, 7) is 2.69. The molecule has 1 aromatic rings. The average molecular weight is 396 g/mol. The number of hydrogen-bond donors (Lipinski definition) is 1. The topological polar surface area (TPSA) is 78.9 Å². The Morgan fingerprint density at radius 3 is 2.83 bits per heavy atom. The largest absolute Gasteiger partial charge is 0.393 e. The predicted octanol–water partition coefficient (Wildman–Crippen LogP) is 3.95. The number of ketones is 1. The lowest BCUT2D eigenvalue weighted by atomic mass is 9.49. The lowest BCUT2D eigenvalue weighted by Crippen LogP contribution is -2.50. The van der Waals surface area contributed by atoms with Gasteiger partial charge in [0.05, 0.1) is 24.4 Å². The number of aliphatic hydroxyl groups is 1. The van der Waals surface area contributed by atoms with E-state index in [9.17, 15) is 9.90 Å². The van der Waals surface area contributed by atoms with Crippen LogP contribution in [0.15, 0.2) is 12.4 Å². The van der Waals surface area contributed by atoms with E-state index in [1.54, 1.807) is 10.9 Å². The van der Waals surface area contributed by atoms with E-state index in [0.717, 1.165) is 42.9 Å². The number of Topliss-reactive ketones (excluding diaryl/α,β-unsaturated/α-hetero) is 1. The molecule has 5 nitrogen and oxygen atoms in total. The van der Waals surface area contributed by atoms with Crippen molar-refractivity contribution in [3.05, 3.63) is 18.0 Å². The summed E-state index contributed by atoms with van der Waals surface area (Å²) in [4.78, 5) is 13.2. The number of fused-ring (bicyclic) bond motifs is 5. The van der Waals surface area contributed by atoms with Gasteiger partial charge in [0.25, 0.3) is 0 Å². The smallest absolute Gasteiger partial charge is 0.157 e. The fourth-order valence-corrected chi connectivity index (χ4v) is 8.13. The first-order chi connectivity index (χ1) is 14.0. The number of aromatic nitrogens is 2. The molecule has 5 heteroatoms. The molecule has 0 spiro atoms. The molecule has 1 heterocycles. The van der Waals surface area contributed by atoms with Crippen LogP contribution in [-0.2, 0) is 11.3 Å². The Bertz CT molecular complexity index is 826. The molecule has 1 N–H and O–H groups in total. The fraction of sp³-hybridized carbons (Fsp3) is 0.792. The molecule has 0 aromatic carbocycles. The van der Waals surface area contributed by atoms with Gasteiger partial charge in [-0.15, -0.1) is 0 Å². The second-order valence-electron chi connectivity index (χ2n) is 10.6. The number of hydrogen-bond acceptors (Lipinski definition) is 4. The van der Waals surface area contributed by atoms with E-state index in [0.29, 0.717) is 23.8 Å². The van der Waals surface area contributed by atoms with Crippen LogP contribution in [-0.4, -0.2) is 26.8 Å². The summed E-state index contributed by atoms with van der Waals surface area (Å²) in [5.41, 5.74) is 0.646. The van der Waals surface area contributed by atoms with Crippen LogP contribution >= 0.6 is 0 Å². The summed E-state index contributed by atoms with van der Waals surface area (Å²) in [5, 5.41) is 23.3. The molecule has 4 fully saturated rings. The fourth-order valence-electron chi connectivity index (χ4n) is 8.13. The van der Waals surface area contributed by atoms with Gasteiger partial charge in [0.1, 0.15) is 6.07 Å². The maximum absolute atomic E-state index is 13.2. The van der Waals surface area contributed by atoms with Crippen LogP contribution in [0, 0.1) is 52.3 Å². The van der Waals surface area contributed by atoms with Crippen LogP contribution in [0.3, 0.4) is 0 Å². The Morgan fingerprint density at radius 1 is 1.21 bits per heavy atom. The maximum Gasteiger partial charge on any atom is 0.157 e. The molecule has 0 amide bonds. The molecule has 4 saturated carbocycles. The van der Waals surface area contributed by atoms with Crippen LogP contribution in [0.25, 0.3) is 0 Å². The highest BCUT2D eigenvalue weighted by molar-refractivity contribution is 5.82. The van der Waals surface area contributed by atoms with Gasteiger partial charge in [-0.3, -0.25) is 9.48 Å². The predicted molar refractivity (Wildman–Crippen MR) is 109 cm³/mol. The van der Waals surface area contributed by atoms with Crippen LogP contribution < -0.4 is 0 Å². The van der Waals surface area contributed by atoms with E-state index >= 15 is 0 Å². The molecular weight excluding hydrogens is 362 g/mol. The molecule has 4 aliphatic rings. The molecule has 0 aliphatic heterocycles. The van der Waals surface area contributed by atoms with Crippen molar-refractivity contribution in [2.24, 2.45) is 40.9 Å². The van der Waals surface area contributed by atoms with Gasteiger partial charge in [-0.2, -0.15) is 10.4 Å². The van der Waals surface area contributed by atoms with E-state index in [1.165, 1.54) is 44.7 Å². The summed E-state index contributed by atoms with van der Waals surface area (Å²) in [6.07, 6.45) is 13.6. The van der Waals surface area contributed by atoms with Gasteiger partial charge in [0.15, 0.2) is 5.78 Å². The lowest BCUT2D eigenvalue weighted by Gasteiger charge is -2.56. The number of nitrogens with zero attached hydrogens (tertiary/aromatic N) is 3. The Morgan fingerprint density at radius 2 is 2.03 bits per heavy atom. The van der Waals surface area contributed by atoms with E-state index < -0.39 is 0 Å². The molecule has 4 aliphatic carbocycles. The van der Waals surface area contributed by atoms with Crippen LogP contribution in [0.4, 0.5) is 0 Å². The minimum absolute atomic E-state index is 0.0704. The molecule has 29 heavy (non-hydrogen) atoms. The highest BCUT2D eigenvalue weighted by Gasteiger charge is 2.58. The van der Waals surface area contributed by atoms with E-state index in [4.69, 9.17) is 5.26 Å². The van der Waals surface area contributed by atoms with Crippen molar-refractivity contribution in [2.75, 3.05) is 0 Å². The maximum atomic E-state index is 13.2. The Balaban J connectivity index is 1.31. The van der Waals surface area contributed by atoms with Gasteiger partial charge >= 0.3 is 0 Å². The first kappa shape index (κ1) is 19.3. The third-order valence-electron chi connectivity index (χ3n) is 9.40. The van der Waals surface area contributed by atoms with E-state index in [1.807, 2.05) is 0 Å². The minimum Gasteiger partial charge on any atom is -0.393 e. The Labute approximate surface area is 173 Å². The van der Waals surface area contributed by atoms with E-state index in [2.05, 4.69) is 18.1 Å². The summed E-state index contributed by atoms with van der Waals surface area (Å²) in [5.74, 6) is 4.25.